The molecule has 0 aromatic carbocycles. The molecule has 0 spiro atoms. The molecule has 1 amide bonds. The second kappa shape index (κ2) is 7.05. The maximum atomic E-state index is 11.6. The molecule has 0 bridgehead atoms. The van der Waals surface area contributed by atoms with Crippen LogP contribution in [0.4, 0.5) is 4.79 Å². The lowest BCUT2D eigenvalue weighted by atomic mass is 10.2. The van der Waals surface area contributed by atoms with Crippen molar-refractivity contribution in [3.8, 4) is 0 Å². The number of aryl methyl sites for hydroxylation is 1. The number of ether oxygens (including phenoxy) is 2. The minimum Gasteiger partial charge on any atom is -0.464 e. The lowest BCUT2D eigenvalue weighted by Gasteiger charge is -2.19. The Morgan fingerprint density at radius 1 is 1.33 bits per heavy atom. The Labute approximate surface area is 123 Å². The number of hydrogen-bond donors (Lipinski definition) is 1. The van der Waals surface area contributed by atoms with Crippen LogP contribution in [0.3, 0.4) is 0 Å². The molecule has 1 N–H and O–H groups in total. The molecule has 118 valence electrons. The molecule has 0 fully saturated rings. The third kappa shape index (κ3) is 5.05. The standard InChI is InChI=1S/C13H22N4O4/c1-6-17-9(10(15-16-17)11(18)20-5)7-8-14-12(19)21-13(2,3)4/h6-8H2,1-5H3,(H,14,19). The molecular formula is C13H22N4O4. The molecule has 0 radical (unpaired) electrons. The van der Waals surface area contributed by atoms with Gasteiger partial charge in [0.25, 0.3) is 0 Å². The second-order valence-corrected chi connectivity index (χ2v) is 5.37. The first kappa shape index (κ1) is 16.9. The quantitative estimate of drug-likeness (QED) is 0.819. The number of aromatic nitrogens is 3. The Hall–Kier alpha value is -2.12. The van der Waals surface area contributed by atoms with E-state index in [1.54, 1.807) is 25.5 Å². The van der Waals surface area contributed by atoms with E-state index in [0.717, 1.165) is 0 Å². The van der Waals surface area contributed by atoms with Crippen LogP contribution in [0.2, 0.25) is 0 Å². The van der Waals surface area contributed by atoms with Gasteiger partial charge in [0.2, 0.25) is 0 Å². The van der Waals surface area contributed by atoms with E-state index < -0.39 is 17.7 Å². The van der Waals surface area contributed by atoms with Crippen LogP contribution in [-0.4, -0.2) is 46.3 Å². The lowest BCUT2D eigenvalue weighted by Crippen LogP contribution is -2.34. The topological polar surface area (TPSA) is 95.3 Å². The number of esters is 1. The number of nitrogens with one attached hydrogen (secondary N) is 1. The molecule has 0 saturated carbocycles. The van der Waals surface area contributed by atoms with Gasteiger partial charge in [0.05, 0.1) is 12.8 Å². The summed E-state index contributed by atoms with van der Waals surface area (Å²) < 4.78 is 11.4. The second-order valence-electron chi connectivity index (χ2n) is 5.37. The molecule has 1 aromatic rings. The van der Waals surface area contributed by atoms with Crippen molar-refractivity contribution in [1.29, 1.82) is 0 Å². The highest BCUT2D eigenvalue weighted by molar-refractivity contribution is 5.88. The van der Waals surface area contributed by atoms with E-state index in [4.69, 9.17) is 4.74 Å². The fourth-order valence-corrected chi connectivity index (χ4v) is 1.69. The van der Waals surface area contributed by atoms with Gasteiger partial charge in [-0.25, -0.2) is 14.3 Å². The summed E-state index contributed by atoms with van der Waals surface area (Å²) >= 11 is 0. The van der Waals surface area contributed by atoms with E-state index >= 15 is 0 Å². The summed E-state index contributed by atoms with van der Waals surface area (Å²) in [4.78, 5) is 23.2. The highest BCUT2D eigenvalue weighted by Crippen LogP contribution is 2.09. The molecule has 8 heteroatoms. The Balaban J connectivity index is 2.64. The first-order chi connectivity index (χ1) is 9.78. The maximum Gasteiger partial charge on any atom is 0.407 e. The number of carbonyl (C=O) groups is 2. The fraction of sp³-hybridized carbons (Fsp3) is 0.692. The average molecular weight is 298 g/mol. The molecule has 1 aromatic heterocycles. The number of alkyl carbamates (subject to hydrolysis) is 1. The van der Waals surface area contributed by atoms with E-state index in [0.29, 0.717) is 25.2 Å². The van der Waals surface area contributed by atoms with E-state index in [1.807, 2.05) is 6.92 Å². The highest BCUT2D eigenvalue weighted by atomic mass is 16.6. The van der Waals surface area contributed by atoms with Crippen LogP contribution >= 0.6 is 0 Å². The van der Waals surface area contributed by atoms with Crippen molar-refractivity contribution in [1.82, 2.24) is 20.3 Å². The van der Waals surface area contributed by atoms with Gasteiger partial charge in [-0.05, 0) is 27.7 Å². The van der Waals surface area contributed by atoms with Crippen LogP contribution in [0.25, 0.3) is 0 Å². The van der Waals surface area contributed by atoms with Gasteiger partial charge < -0.3 is 14.8 Å². The monoisotopic (exact) mass is 298 g/mol. The molecule has 1 heterocycles. The first-order valence-electron chi connectivity index (χ1n) is 6.76. The predicted octanol–water partition coefficient (Wildman–Crippen LogP) is 1.15. The van der Waals surface area contributed by atoms with E-state index in [2.05, 4.69) is 20.4 Å². The van der Waals surface area contributed by atoms with Gasteiger partial charge in [0.1, 0.15) is 5.60 Å². The van der Waals surface area contributed by atoms with Crippen molar-refractivity contribution >= 4 is 12.1 Å². The van der Waals surface area contributed by atoms with Crippen molar-refractivity contribution in [2.75, 3.05) is 13.7 Å². The SMILES string of the molecule is CCn1nnc(C(=O)OC)c1CCNC(=O)OC(C)(C)C. The van der Waals surface area contributed by atoms with Gasteiger partial charge in [-0.15, -0.1) is 5.10 Å². The number of nitrogens with zero attached hydrogens (tertiary/aromatic N) is 3. The molecule has 0 atom stereocenters. The molecular weight excluding hydrogens is 276 g/mol. The van der Waals surface area contributed by atoms with Gasteiger partial charge in [0, 0.05) is 19.5 Å². The van der Waals surface area contributed by atoms with Gasteiger partial charge in [-0.1, -0.05) is 5.21 Å². The zero-order valence-electron chi connectivity index (χ0n) is 13.1. The minimum absolute atomic E-state index is 0.172. The molecule has 21 heavy (non-hydrogen) atoms. The summed E-state index contributed by atoms with van der Waals surface area (Å²) in [6.07, 6.45) is -0.0949. The lowest BCUT2D eigenvalue weighted by molar-refractivity contribution is 0.0528. The molecule has 1 rings (SSSR count). The third-order valence-corrected chi connectivity index (χ3v) is 2.55. The number of rotatable bonds is 5. The number of amides is 1. The molecule has 8 nitrogen and oxygen atoms in total. The molecule has 0 aliphatic rings. The smallest absolute Gasteiger partial charge is 0.407 e. The van der Waals surface area contributed by atoms with Crippen molar-refractivity contribution in [2.45, 2.75) is 46.3 Å². The maximum absolute atomic E-state index is 11.6. The molecule has 0 aliphatic heterocycles. The Kier molecular flexibility index (Phi) is 5.69. The largest absolute Gasteiger partial charge is 0.464 e. The molecule has 0 saturated heterocycles. The van der Waals surface area contributed by atoms with Crippen molar-refractivity contribution in [2.24, 2.45) is 0 Å². The van der Waals surface area contributed by atoms with Gasteiger partial charge >= 0.3 is 12.1 Å². The summed E-state index contributed by atoms with van der Waals surface area (Å²) in [5.74, 6) is -0.540. The normalized spacial score (nSPS) is 11.1. The van der Waals surface area contributed by atoms with Crippen molar-refractivity contribution in [3.05, 3.63) is 11.4 Å². The first-order valence-corrected chi connectivity index (χ1v) is 6.76. The van der Waals surface area contributed by atoms with Crippen molar-refractivity contribution < 1.29 is 19.1 Å². The number of carbonyl (C=O) groups excluding carboxylic acids is 2. The zero-order chi connectivity index (χ0) is 16.0. The molecule has 0 aliphatic carbocycles. The van der Waals surface area contributed by atoms with Crippen LogP contribution in [0.15, 0.2) is 0 Å². The summed E-state index contributed by atoms with van der Waals surface area (Å²) in [5, 5.41) is 10.3. The van der Waals surface area contributed by atoms with Crippen LogP contribution in [0.5, 0.6) is 0 Å². The molecule has 0 unspecified atom stereocenters. The third-order valence-electron chi connectivity index (χ3n) is 2.55. The van der Waals surface area contributed by atoms with Crippen LogP contribution in [0, 0.1) is 0 Å². The van der Waals surface area contributed by atoms with Gasteiger partial charge in [-0.3, -0.25) is 0 Å². The average Bonchev–Trinajstić information content (AvgIpc) is 2.78. The van der Waals surface area contributed by atoms with E-state index in [1.165, 1.54) is 7.11 Å². The Morgan fingerprint density at radius 3 is 2.52 bits per heavy atom. The van der Waals surface area contributed by atoms with Gasteiger partial charge in [0.15, 0.2) is 5.69 Å². The summed E-state index contributed by atoms with van der Waals surface area (Å²) in [5.41, 5.74) is 0.249. The minimum atomic E-state index is -0.548. The van der Waals surface area contributed by atoms with Crippen LogP contribution in [0.1, 0.15) is 43.9 Å². The van der Waals surface area contributed by atoms with Crippen LogP contribution < -0.4 is 5.32 Å². The summed E-state index contributed by atoms with van der Waals surface area (Å²) in [7, 11) is 1.29. The Bertz CT molecular complexity index is 505. The van der Waals surface area contributed by atoms with E-state index in [9.17, 15) is 9.59 Å². The summed E-state index contributed by atoms with van der Waals surface area (Å²) in [6.45, 7) is 8.15. The zero-order valence-corrected chi connectivity index (χ0v) is 13.1. The fourth-order valence-electron chi connectivity index (χ4n) is 1.69. The van der Waals surface area contributed by atoms with Crippen molar-refractivity contribution in [3.63, 3.8) is 0 Å². The summed E-state index contributed by atoms with van der Waals surface area (Å²) in [6, 6.07) is 0. The number of hydrogen-bond acceptors (Lipinski definition) is 6. The Morgan fingerprint density at radius 2 is 2.00 bits per heavy atom. The highest BCUT2D eigenvalue weighted by Gasteiger charge is 2.20. The van der Waals surface area contributed by atoms with E-state index in [-0.39, 0.29) is 5.69 Å². The predicted molar refractivity (Wildman–Crippen MR) is 75.0 cm³/mol. The van der Waals surface area contributed by atoms with Gasteiger partial charge in [-0.2, -0.15) is 0 Å². The number of methoxy groups -OCH3 is 1. The van der Waals surface area contributed by atoms with Crippen LogP contribution in [-0.2, 0) is 22.4 Å².